The average Bonchev–Trinajstić information content (AvgIpc) is 2.92. The highest BCUT2D eigenvalue weighted by Gasteiger charge is 2.46. The molecule has 120 valence electrons. The van der Waals surface area contributed by atoms with Crippen LogP contribution in [0.1, 0.15) is 36.4 Å². The van der Waals surface area contributed by atoms with Crippen LogP contribution in [0.2, 0.25) is 0 Å². The molecule has 0 N–H and O–H groups in total. The molecule has 2 heterocycles. The molecule has 1 aromatic heterocycles. The van der Waals surface area contributed by atoms with Crippen LogP contribution in [0.3, 0.4) is 0 Å². The first-order chi connectivity index (χ1) is 11.2. The zero-order chi connectivity index (χ0) is 15.9. The number of benzene rings is 1. The van der Waals surface area contributed by atoms with Crippen molar-refractivity contribution in [1.82, 2.24) is 14.9 Å². The average molecular weight is 308 g/mol. The van der Waals surface area contributed by atoms with Crippen molar-refractivity contribution in [3.63, 3.8) is 0 Å². The summed E-state index contributed by atoms with van der Waals surface area (Å²) in [6.45, 7) is 2.08. The molecule has 1 aromatic carbocycles. The Hall–Kier alpha value is -1.94. The zero-order valence-corrected chi connectivity index (χ0v) is 13.9. The second-order valence-electron chi connectivity index (χ2n) is 7.09. The largest absolute Gasteiger partial charge is 0.341 e. The maximum atomic E-state index is 4.41. The van der Waals surface area contributed by atoms with Crippen LogP contribution < -0.4 is 4.90 Å². The Morgan fingerprint density at radius 3 is 2.43 bits per heavy atom. The normalized spacial score (nSPS) is 22.6. The molecule has 0 amide bonds. The highest BCUT2D eigenvalue weighted by atomic mass is 15.2. The van der Waals surface area contributed by atoms with Crippen molar-refractivity contribution in [3.05, 3.63) is 53.9 Å². The van der Waals surface area contributed by atoms with Crippen LogP contribution in [0.4, 0.5) is 5.95 Å². The van der Waals surface area contributed by atoms with E-state index < -0.39 is 0 Å². The molecule has 0 radical (unpaired) electrons. The van der Waals surface area contributed by atoms with Gasteiger partial charge in [0.1, 0.15) is 0 Å². The minimum absolute atomic E-state index is 0.330. The van der Waals surface area contributed by atoms with Gasteiger partial charge in [0.05, 0.1) is 0 Å². The third-order valence-electron chi connectivity index (χ3n) is 5.65. The molecule has 1 aliphatic carbocycles. The second kappa shape index (κ2) is 5.60. The summed E-state index contributed by atoms with van der Waals surface area (Å²) in [7, 11) is 4.40. The van der Waals surface area contributed by atoms with E-state index in [1.54, 1.807) is 5.56 Å². The lowest BCUT2D eigenvalue weighted by Gasteiger charge is -2.40. The summed E-state index contributed by atoms with van der Waals surface area (Å²) in [4.78, 5) is 13.5. The van der Waals surface area contributed by atoms with Gasteiger partial charge < -0.3 is 9.80 Å². The quantitative estimate of drug-likeness (QED) is 0.853. The first-order valence-electron chi connectivity index (χ1n) is 8.47. The Labute approximate surface area is 138 Å². The molecule has 0 bridgehead atoms. The highest BCUT2D eigenvalue weighted by molar-refractivity contribution is 5.44. The minimum Gasteiger partial charge on any atom is -0.341 e. The van der Waals surface area contributed by atoms with E-state index in [4.69, 9.17) is 0 Å². The number of hydrogen-bond donors (Lipinski definition) is 0. The Bertz CT molecular complexity index is 675. The smallest absolute Gasteiger partial charge is 0.225 e. The molecular weight excluding hydrogens is 284 g/mol. The Morgan fingerprint density at radius 1 is 1.04 bits per heavy atom. The first-order valence-corrected chi connectivity index (χ1v) is 8.47. The van der Waals surface area contributed by atoms with Crippen LogP contribution in [-0.4, -0.2) is 42.1 Å². The summed E-state index contributed by atoms with van der Waals surface area (Å²) in [6, 6.07) is 11.5. The zero-order valence-electron chi connectivity index (χ0n) is 13.9. The molecule has 0 saturated carbocycles. The summed E-state index contributed by atoms with van der Waals surface area (Å²) < 4.78 is 0. The van der Waals surface area contributed by atoms with E-state index in [1.165, 1.54) is 24.8 Å². The summed E-state index contributed by atoms with van der Waals surface area (Å²) in [6.07, 6.45) is 7.28. The SMILES string of the molecule is CN(C)[C@@H]1CC2(CCN(c3ncccn3)CC2)c2ccccc21. The van der Waals surface area contributed by atoms with Gasteiger partial charge in [-0.25, -0.2) is 9.97 Å². The fourth-order valence-corrected chi connectivity index (χ4v) is 4.38. The van der Waals surface area contributed by atoms with Crippen LogP contribution in [0, 0.1) is 0 Å². The van der Waals surface area contributed by atoms with Gasteiger partial charge in [-0.2, -0.15) is 0 Å². The topological polar surface area (TPSA) is 32.3 Å². The van der Waals surface area contributed by atoms with Crippen molar-refractivity contribution in [3.8, 4) is 0 Å². The fourth-order valence-electron chi connectivity index (χ4n) is 4.38. The Kier molecular flexibility index (Phi) is 3.57. The van der Waals surface area contributed by atoms with Crippen LogP contribution in [-0.2, 0) is 5.41 Å². The van der Waals surface area contributed by atoms with E-state index in [0.29, 0.717) is 11.5 Å². The van der Waals surface area contributed by atoms with Crippen molar-refractivity contribution in [1.29, 1.82) is 0 Å². The molecule has 2 aliphatic rings. The lowest BCUT2D eigenvalue weighted by Crippen LogP contribution is -2.42. The number of fused-ring (bicyclic) bond motifs is 2. The van der Waals surface area contributed by atoms with E-state index in [-0.39, 0.29) is 0 Å². The Morgan fingerprint density at radius 2 is 1.74 bits per heavy atom. The lowest BCUT2D eigenvalue weighted by atomic mass is 9.73. The van der Waals surface area contributed by atoms with Crippen LogP contribution in [0.5, 0.6) is 0 Å². The highest BCUT2D eigenvalue weighted by Crippen LogP contribution is 2.52. The lowest BCUT2D eigenvalue weighted by molar-refractivity contribution is 0.230. The summed E-state index contributed by atoms with van der Waals surface area (Å²) in [5.41, 5.74) is 3.44. The summed E-state index contributed by atoms with van der Waals surface area (Å²) >= 11 is 0. The van der Waals surface area contributed by atoms with E-state index >= 15 is 0 Å². The van der Waals surface area contributed by atoms with Crippen LogP contribution in [0.15, 0.2) is 42.7 Å². The van der Waals surface area contributed by atoms with Crippen molar-refractivity contribution in [2.24, 2.45) is 0 Å². The maximum absolute atomic E-state index is 4.41. The number of hydrogen-bond acceptors (Lipinski definition) is 4. The van der Waals surface area contributed by atoms with Crippen molar-refractivity contribution in [2.45, 2.75) is 30.7 Å². The molecule has 1 saturated heterocycles. The second-order valence-corrected chi connectivity index (χ2v) is 7.09. The number of aromatic nitrogens is 2. The van der Waals surface area contributed by atoms with Gasteiger partial charge in [-0.05, 0) is 50.6 Å². The third-order valence-corrected chi connectivity index (χ3v) is 5.65. The van der Waals surface area contributed by atoms with Gasteiger partial charge in [-0.15, -0.1) is 0 Å². The van der Waals surface area contributed by atoms with Gasteiger partial charge >= 0.3 is 0 Å². The van der Waals surface area contributed by atoms with Gasteiger partial charge in [0.25, 0.3) is 0 Å². The standard InChI is InChI=1S/C19H24N4/c1-22(2)17-14-19(16-7-4-3-6-15(16)17)8-12-23(13-9-19)18-20-10-5-11-21-18/h3-7,10-11,17H,8-9,12-14H2,1-2H3/t17-/m1/s1. The Balaban J connectivity index is 1.60. The number of nitrogens with zero attached hydrogens (tertiary/aromatic N) is 4. The maximum Gasteiger partial charge on any atom is 0.225 e. The van der Waals surface area contributed by atoms with Crippen molar-refractivity contribution < 1.29 is 0 Å². The van der Waals surface area contributed by atoms with Gasteiger partial charge in [0, 0.05) is 36.9 Å². The third kappa shape index (κ3) is 2.41. The van der Waals surface area contributed by atoms with E-state index in [2.05, 4.69) is 58.1 Å². The summed E-state index contributed by atoms with van der Waals surface area (Å²) in [5, 5.41) is 0. The van der Waals surface area contributed by atoms with Gasteiger partial charge in [-0.3, -0.25) is 0 Å². The number of anilines is 1. The minimum atomic E-state index is 0.330. The van der Waals surface area contributed by atoms with E-state index in [0.717, 1.165) is 19.0 Å². The molecule has 4 heteroatoms. The monoisotopic (exact) mass is 308 g/mol. The molecule has 1 spiro atoms. The summed E-state index contributed by atoms with van der Waals surface area (Å²) in [5.74, 6) is 0.873. The van der Waals surface area contributed by atoms with Crippen molar-refractivity contribution >= 4 is 5.95 Å². The van der Waals surface area contributed by atoms with E-state index in [1.807, 2.05) is 18.5 Å². The molecule has 1 atom stereocenters. The van der Waals surface area contributed by atoms with Crippen LogP contribution in [0.25, 0.3) is 0 Å². The number of rotatable bonds is 2. The molecule has 4 nitrogen and oxygen atoms in total. The molecular formula is C19H24N4. The van der Waals surface area contributed by atoms with Crippen LogP contribution >= 0.6 is 0 Å². The number of piperidine rings is 1. The molecule has 23 heavy (non-hydrogen) atoms. The predicted octanol–water partition coefficient (Wildman–Crippen LogP) is 3.02. The molecule has 1 aliphatic heterocycles. The first kappa shape index (κ1) is 14.6. The molecule has 2 aromatic rings. The fraction of sp³-hybridized carbons (Fsp3) is 0.474. The van der Waals surface area contributed by atoms with Gasteiger partial charge in [0.15, 0.2) is 0 Å². The van der Waals surface area contributed by atoms with Crippen molar-refractivity contribution in [2.75, 3.05) is 32.1 Å². The van der Waals surface area contributed by atoms with Gasteiger partial charge in [-0.1, -0.05) is 24.3 Å². The molecule has 1 fully saturated rings. The predicted molar refractivity (Wildman–Crippen MR) is 92.6 cm³/mol. The van der Waals surface area contributed by atoms with Gasteiger partial charge in [0.2, 0.25) is 5.95 Å². The molecule has 0 unspecified atom stereocenters. The molecule has 4 rings (SSSR count). The van der Waals surface area contributed by atoms with E-state index in [9.17, 15) is 0 Å².